The zero-order valence-corrected chi connectivity index (χ0v) is 12.5. The van der Waals surface area contributed by atoms with Crippen molar-refractivity contribution < 1.29 is 9.32 Å². The van der Waals surface area contributed by atoms with Gasteiger partial charge < -0.3 is 15.6 Å². The van der Waals surface area contributed by atoms with Crippen LogP contribution in [0, 0.1) is 6.92 Å². The van der Waals surface area contributed by atoms with Gasteiger partial charge in [0, 0.05) is 16.6 Å². The summed E-state index contributed by atoms with van der Waals surface area (Å²) in [4.78, 5) is 13.2. The van der Waals surface area contributed by atoms with Crippen molar-refractivity contribution in [3.05, 3.63) is 36.1 Å². The molecule has 2 rings (SSSR count). The molecular weight excluding hydrogens is 274 g/mol. The lowest BCUT2D eigenvalue weighted by Crippen LogP contribution is -2.34. The second-order valence-electron chi connectivity index (χ2n) is 4.93. The summed E-state index contributed by atoms with van der Waals surface area (Å²) in [6, 6.07) is 9.15. The van der Waals surface area contributed by atoms with E-state index < -0.39 is 4.75 Å². The van der Waals surface area contributed by atoms with Crippen LogP contribution >= 0.6 is 11.8 Å². The van der Waals surface area contributed by atoms with Crippen LogP contribution in [0.5, 0.6) is 0 Å². The Morgan fingerprint density at radius 1 is 1.40 bits per heavy atom. The van der Waals surface area contributed by atoms with Crippen LogP contribution in [0.4, 0.5) is 11.5 Å². The van der Waals surface area contributed by atoms with Gasteiger partial charge in [-0.25, -0.2) is 0 Å². The van der Waals surface area contributed by atoms with Crippen LogP contribution in [-0.2, 0) is 4.79 Å². The monoisotopic (exact) mass is 291 g/mol. The number of carbonyl (C=O) groups is 1. The predicted molar refractivity (Wildman–Crippen MR) is 80.7 cm³/mol. The quantitative estimate of drug-likeness (QED) is 0.668. The van der Waals surface area contributed by atoms with E-state index in [1.54, 1.807) is 13.0 Å². The molecule has 0 atom stereocenters. The van der Waals surface area contributed by atoms with E-state index in [0.717, 1.165) is 4.90 Å². The third kappa shape index (κ3) is 3.33. The van der Waals surface area contributed by atoms with Crippen LogP contribution < -0.4 is 11.1 Å². The maximum Gasteiger partial charge on any atom is 0.241 e. The molecule has 1 aromatic carbocycles. The molecule has 5 nitrogen and oxygen atoms in total. The number of benzene rings is 1. The minimum absolute atomic E-state index is 0.154. The molecule has 6 heteroatoms. The molecule has 0 saturated carbocycles. The Morgan fingerprint density at radius 2 is 2.10 bits per heavy atom. The van der Waals surface area contributed by atoms with E-state index in [0.29, 0.717) is 17.3 Å². The van der Waals surface area contributed by atoms with Crippen LogP contribution in [0.25, 0.3) is 0 Å². The summed E-state index contributed by atoms with van der Waals surface area (Å²) in [5, 5.41) is 6.49. The van der Waals surface area contributed by atoms with E-state index >= 15 is 0 Å². The second-order valence-corrected chi connectivity index (χ2v) is 6.59. The summed E-state index contributed by atoms with van der Waals surface area (Å²) in [6.07, 6.45) is 0. The highest BCUT2D eigenvalue weighted by atomic mass is 32.2. The molecule has 0 bridgehead atoms. The minimum atomic E-state index is -0.678. The Labute approximate surface area is 121 Å². The first-order chi connectivity index (χ1) is 9.38. The molecule has 0 radical (unpaired) electrons. The van der Waals surface area contributed by atoms with Gasteiger partial charge >= 0.3 is 0 Å². The number of aromatic nitrogens is 1. The number of nitrogens with zero attached hydrogens (tertiary/aromatic N) is 1. The Balaban J connectivity index is 2.09. The average Bonchev–Trinajstić information content (AvgIpc) is 2.77. The van der Waals surface area contributed by atoms with Gasteiger partial charge in [0.25, 0.3) is 0 Å². The molecule has 0 fully saturated rings. The lowest BCUT2D eigenvalue weighted by molar-refractivity contribution is -0.117. The highest BCUT2D eigenvalue weighted by molar-refractivity contribution is 8.01. The summed E-state index contributed by atoms with van der Waals surface area (Å²) in [5.74, 6) is 0.916. The lowest BCUT2D eigenvalue weighted by Gasteiger charge is -2.22. The van der Waals surface area contributed by atoms with Gasteiger partial charge in [0.2, 0.25) is 5.91 Å². The van der Waals surface area contributed by atoms with Gasteiger partial charge in [0.1, 0.15) is 5.76 Å². The van der Waals surface area contributed by atoms with E-state index in [1.807, 2.05) is 38.1 Å². The smallest absolute Gasteiger partial charge is 0.241 e. The van der Waals surface area contributed by atoms with E-state index in [4.69, 9.17) is 10.3 Å². The van der Waals surface area contributed by atoms with Gasteiger partial charge in [-0.1, -0.05) is 17.3 Å². The first-order valence-electron chi connectivity index (χ1n) is 6.17. The number of para-hydroxylation sites is 1. The van der Waals surface area contributed by atoms with Gasteiger partial charge in [-0.2, -0.15) is 0 Å². The Morgan fingerprint density at radius 3 is 2.70 bits per heavy atom. The molecule has 1 amide bonds. The fraction of sp³-hybridized carbons (Fsp3) is 0.286. The van der Waals surface area contributed by atoms with Gasteiger partial charge in [-0.3, -0.25) is 4.79 Å². The number of carbonyl (C=O) groups excluding carboxylic acids is 1. The molecule has 0 aliphatic rings. The van der Waals surface area contributed by atoms with Crippen LogP contribution in [0.2, 0.25) is 0 Å². The molecule has 106 valence electrons. The number of hydrogen-bond donors (Lipinski definition) is 2. The normalized spacial score (nSPS) is 11.3. The van der Waals surface area contributed by atoms with Crippen molar-refractivity contribution in [2.45, 2.75) is 30.4 Å². The highest BCUT2D eigenvalue weighted by Gasteiger charge is 2.30. The third-order valence-electron chi connectivity index (χ3n) is 2.70. The Bertz CT molecular complexity index is 622. The molecule has 0 unspecified atom stereocenters. The number of rotatable bonds is 4. The Kier molecular flexibility index (Phi) is 4.04. The van der Waals surface area contributed by atoms with Crippen LogP contribution in [0.15, 0.2) is 39.8 Å². The van der Waals surface area contributed by atoms with Crippen molar-refractivity contribution in [3.63, 3.8) is 0 Å². The molecule has 1 aromatic heterocycles. The first-order valence-corrected chi connectivity index (χ1v) is 6.98. The van der Waals surface area contributed by atoms with Gasteiger partial charge in [0.05, 0.1) is 4.75 Å². The molecule has 2 aromatic rings. The van der Waals surface area contributed by atoms with Crippen LogP contribution in [0.3, 0.4) is 0 Å². The molecule has 0 aliphatic heterocycles. The zero-order valence-electron chi connectivity index (χ0n) is 11.6. The molecule has 0 spiro atoms. The Hall–Kier alpha value is -1.95. The predicted octanol–water partition coefficient (Wildman–Crippen LogP) is 3.07. The minimum Gasteiger partial charge on any atom is -0.398 e. The number of thioether (sulfide) groups is 1. The number of nitrogen functional groups attached to an aromatic ring is 1. The van der Waals surface area contributed by atoms with E-state index in [1.165, 1.54) is 11.8 Å². The number of aryl methyl sites for hydroxylation is 1. The number of nitrogens with two attached hydrogens (primary N) is 1. The number of amides is 1. The topological polar surface area (TPSA) is 81.2 Å². The summed E-state index contributed by atoms with van der Waals surface area (Å²) in [5.41, 5.74) is 6.57. The SMILES string of the molecule is Cc1cc(NC(=O)C(C)(C)Sc2ccccc2N)no1. The van der Waals surface area contributed by atoms with Crippen molar-refractivity contribution in [1.82, 2.24) is 5.16 Å². The molecule has 0 saturated heterocycles. The van der Waals surface area contributed by atoms with Crippen LogP contribution in [-0.4, -0.2) is 15.8 Å². The molecule has 1 heterocycles. The fourth-order valence-corrected chi connectivity index (χ4v) is 2.61. The maximum absolute atomic E-state index is 12.3. The number of hydrogen-bond acceptors (Lipinski definition) is 5. The van der Waals surface area contributed by atoms with Gasteiger partial charge in [-0.15, -0.1) is 11.8 Å². The second kappa shape index (κ2) is 5.58. The van der Waals surface area contributed by atoms with Crippen molar-refractivity contribution in [1.29, 1.82) is 0 Å². The third-order valence-corrected chi connectivity index (χ3v) is 3.99. The van der Waals surface area contributed by atoms with Crippen molar-refractivity contribution >= 4 is 29.2 Å². The average molecular weight is 291 g/mol. The summed E-state index contributed by atoms with van der Waals surface area (Å²) in [7, 11) is 0. The van der Waals surface area contributed by atoms with E-state index in [-0.39, 0.29) is 5.91 Å². The number of anilines is 2. The zero-order chi connectivity index (χ0) is 14.8. The summed E-state index contributed by atoms with van der Waals surface area (Å²) < 4.78 is 4.25. The summed E-state index contributed by atoms with van der Waals surface area (Å²) in [6.45, 7) is 5.45. The van der Waals surface area contributed by atoms with Gasteiger partial charge in [-0.05, 0) is 32.9 Å². The molecular formula is C14H17N3O2S. The fourth-order valence-electron chi connectivity index (χ4n) is 1.59. The van der Waals surface area contributed by atoms with Gasteiger partial charge in [0.15, 0.2) is 5.82 Å². The van der Waals surface area contributed by atoms with E-state index in [2.05, 4.69) is 10.5 Å². The first kappa shape index (κ1) is 14.5. The highest BCUT2D eigenvalue weighted by Crippen LogP contribution is 2.36. The van der Waals surface area contributed by atoms with Crippen molar-refractivity contribution in [2.75, 3.05) is 11.1 Å². The molecule has 3 N–H and O–H groups in total. The summed E-state index contributed by atoms with van der Waals surface area (Å²) >= 11 is 1.41. The number of nitrogens with one attached hydrogen (secondary N) is 1. The lowest BCUT2D eigenvalue weighted by atomic mass is 10.2. The molecule has 20 heavy (non-hydrogen) atoms. The van der Waals surface area contributed by atoms with E-state index in [9.17, 15) is 4.79 Å². The van der Waals surface area contributed by atoms with Crippen molar-refractivity contribution in [2.24, 2.45) is 0 Å². The largest absolute Gasteiger partial charge is 0.398 e. The standard InChI is InChI=1S/C14H17N3O2S/c1-9-8-12(17-19-9)16-13(18)14(2,3)20-11-7-5-4-6-10(11)15/h4-8H,15H2,1-3H3,(H,16,17,18). The maximum atomic E-state index is 12.3. The van der Waals surface area contributed by atoms with Crippen molar-refractivity contribution in [3.8, 4) is 0 Å². The van der Waals surface area contributed by atoms with Crippen LogP contribution in [0.1, 0.15) is 19.6 Å². The molecule has 0 aliphatic carbocycles.